The Bertz CT molecular complexity index is 323. The normalized spacial score (nSPS) is 22.2. The fraction of sp³-hybridized carbons (Fsp3) is 0.400. The number of phenols is 1. The SMILES string of the molecule is CC(N)C1Cc2c(O)cccc2N1. The Morgan fingerprint density at radius 2 is 2.38 bits per heavy atom. The van der Waals surface area contributed by atoms with Gasteiger partial charge in [-0.2, -0.15) is 0 Å². The lowest BCUT2D eigenvalue weighted by Gasteiger charge is -2.14. The van der Waals surface area contributed by atoms with Crippen molar-refractivity contribution in [2.24, 2.45) is 5.73 Å². The van der Waals surface area contributed by atoms with Gasteiger partial charge < -0.3 is 16.2 Å². The zero-order valence-electron chi connectivity index (χ0n) is 7.62. The summed E-state index contributed by atoms with van der Waals surface area (Å²) in [5.41, 5.74) is 7.79. The first-order valence-corrected chi connectivity index (χ1v) is 4.51. The predicted molar refractivity (Wildman–Crippen MR) is 52.9 cm³/mol. The molecule has 2 unspecified atom stereocenters. The lowest BCUT2D eigenvalue weighted by Crippen LogP contribution is -2.36. The molecule has 0 amide bonds. The summed E-state index contributed by atoms with van der Waals surface area (Å²) < 4.78 is 0. The molecule has 0 saturated heterocycles. The van der Waals surface area contributed by atoms with Crippen LogP contribution in [-0.2, 0) is 6.42 Å². The van der Waals surface area contributed by atoms with Crippen molar-refractivity contribution >= 4 is 5.69 Å². The van der Waals surface area contributed by atoms with Crippen LogP contribution in [0.1, 0.15) is 12.5 Å². The van der Waals surface area contributed by atoms with Gasteiger partial charge in [0.25, 0.3) is 0 Å². The van der Waals surface area contributed by atoms with Crippen LogP contribution in [0.15, 0.2) is 18.2 Å². The number of anilines is 1. The molecule has 0 saturated carbocycles. The molecular weight excluding hydrogens is 164 g/mol. The maximum atomic E-state index is 9.55. The van der Waals surface area contributed by atoms with E-state index in [1.807, 2.05) is 19.1 Å². The number of hydrogen-bond donors (Lipinski definition) is 3. The van der Waals surface area contributed by atoms with Crippen molar-refractivity contribution in [3.63, 3.8) is 0 Å². The second-order valence-corrected chi connectivity index (χ2v) is 3.62. The molecule has 2 rings (SSSR count). The van der Waals surface area contributed by atoms with Crippen LogP contribution in [0.25, 0.3) is 0 Å². The quantitative estimate of drug-likeness (QED) is 0.603. The molecule has 0 fully saturated rings. The van der Waals surface area contributed by atoms with Crippen LogP contribution in [0.4, 0.5) is 5.69 Å². The minimum absolute atomic E-state index is 0.104. The first kappa shape index (κ1) is 8.38. The largest absolute Gasteiger partial charge is 0.508 e. The third-order valence-corrected chi connectivity index (χ3v) is 2.55. The second-order valence-electron chi connectivity index (χ2n) is 3.62. The van der Waals surface area contributed by atoms with Gasteiger partial charge in [-0.25, -0.2) is 0 Å². The van der Waals surface area contributed by atoms with Gasteiger partial charge in [0, 0.05) is 23.3 Å². The van der Waals surface area contributed by atoms with Gasteiger partial charge in [-0.1, -0.05) is 6.07 Å². The molecule has 13 heavy (non-hydrogen) atoms. The molecule has 1 heterocycles. The Morgan fingerprint density at radius 1 is 1.62 bits per heavy atom. The first-order chi connectivity index (χ1) is 6.18. The summed E-state index contributed by atoms with van der Waals surface area (Å²) in [5, 5.41) is 12.8. The van der Waals surface area contributed by atoms with Gasteiger partial charge in [0.1, 0.15) is 5.75 Å². The molecule has 0 spiro atoms. The minimum atomic E-state index is 0.104. The summed E-state index contributed by atoms with van der Waals surface area (Å²) >= 11 is 0. The fourth-order valence-electron chi connectivity index (χ4n) is 1.71. The number of hydrogen-bond acceptors (Lipinski definition) is 3. The van der Waals surface area contributed by atoms with E-state index in [9.17, 15) is 5.11 Å². The molecule has 4 N–H and O–H groups in total. The van der Waals surface area contributed by atoms with E-state index < -0.39 is 0 Å². The van der Waals surface area contributed by atoms with Crippen LogP contribution in [0.5, 0.6) is 5.75 Å². The maximum absolute atomic E-state index is 9.55. The van der Waals surface area contributed by atoms with Crippen molar-refractivity contribution in [3.8, 4) is 5.75 Å². The van der Waals surface area contributed by atoms with E-state index in [4.69, 9.17) is 5.73 Å². The monoisotopic (exact) mass is 178 g/mol. The van der Waals surface area contributed by atoms with Crippen molar-refractivity contribution in [2.45, 2.75) is 25.4 Å². The molecule has 1 aliphatic heterocycles. The van der Waals surface area contributed by atoms with Crippen LogP contribution in [0.2, 0.25) is 0 Å². The highest BCUT2D eigenvalue weighted by Gasteiger charge is 2.25. The topological polar surface area (TPSA) is 58.3 Å². The van der Waals surface area contributed by atoms with E-state index >= 15 is 0 Å². The van der Waals surface area contributed by atoms with Crippen molar-refractivity contribution in [3.05, 3.63) is 23.8 Å². The summed E-state index contributed by atoms with van der Waals surface area (Å²) in [6.45, 7) is 1.97. The predicted octanol–water partition coefficient (Wildman–Crippen LogP) is 1.08. The molecule has 3 heteroatoms. The number of aromatic hydroxyl groups is 1. The van der Waals surface area contributed by atoms with Crippen molar-refractivity contribution in [2.75, 3.05) is 5.32 Å². The molecule has 0 aliphatic carbocycles. The van der Waals surface area contributed by atoms with Gasteiger partial charge in [0.05, 0.1) is 0 Å². The van der Waals surface area contributed by atoms with Gasteiger partial charge in [0.2, 0.25) is 0 Å². The smallest absolute Gasteiger partial charge is 0.120 e. The van der Waals surface area contributed by atoms with E-state index in [0.717, 1.165) is 17.7 Å². The summed E-state index contributed by atoms with van der Waals surface area (Å²) in [6, 6.07) is 5.88. The highest BCUT2D eigenvalue weighted by molar-refractivity contribution is 5.62. The highest BCUT2D eigenvalue weighted by Crippen LogP contribution is 2.33. The lowest BCUT2D eigenvalue weighted by molar-refractivity contribution is 0.467. The Hall–Kier alpha value is -1.22. The minimum Gasteiger partial charge on any atom is -0.508 e. The summed E-state index contributed by atoms with van der Waals surface area (Å²) in [5.74, 6) is 0.369. The number of rotatable bonds is 1. The van der Waals surface area contributed by atoms with E-state index in [-0.39, 0.29) is 12.1 Å². The molecule has 70 valence electrons. The van der Waals surface area contributed by atoms with Crippen molar-refractivity contribution in [1.82, 2.24) is 0 Å². The third kappa shape index (κ3) is 1.35. The van der Waals surface area contributed by atoms with E-state index in [2.05, 4.69) is 5.32 Å². The molecule has 0 radical (unpaired) electrons. The third-order valence-electron chi connectivity index (χ3n) is 2.55. The second kappa shape index (κ2) is 2.92. The number of fused-ring (bicyclic) bond motifs is 1. The van der Waals surface area contributed by atoms with Gasteiger partial charge in [0.15, 0.2) is 0 Å². The lowest BCUT2D eigenvalue weighted by atomic mass is 10.1. The van der Waals surface area contributed by atoms with E-state index in [1.165, 1.54) is 0 Å². The molecule has 0 bridgehead atoms. The zero-order chi connectivity index (χ0) is 9.42. The number of nitrogens with one attached hydrogen (secondary N) is 1. The summed E-state index contributed by atoms with van der Waals surface area (Å²) in [7, 11) is 0. The zero-order valence-corrected chi connectivity index (χ0v) is 7.62. The van der Waals surface area contributed by atoms with Crippen molar-refractivity contribution in [1.29, 1.82) is 0 Å². The molecule has 1 aromatic rings. The molecule has 1 aliphatic rings. The fourth-order valence-corrected chi connectivity index (χ4v) is 1.71. The summed E-state index contributed by atoms with van der Waals surface area (Å²) in [4.78, 5) is 0. The average Bonchev–Trinajstić information content (AvgIpc) is 2.49. The van der Waals surface area contributed by atoms with Crippen LogP contribution in [-0.4, -0.2) is 17.2 Å². The van der Waals surface area contributed by atoms with E-state index in [1.54, 1.807) is 6.07 Å². The van der Waals surface area contributed by atoms with Gasteiger partial charge in [-0.05, 0) is 25.5 Å². The van der Waals surface area contributed by atoms with Crippen LogP contribution < -0.4 is 11.1 Å². The summed E-state index contributed by atoms with van der Waals surface area (Å²) in [6.07, 6.45) is 0.819. The Morgan fingerprint density at radius 3 is 3.00 bits per heavy atom. The number of nitrogens with two attached hydrogens (primary N) is 1. The van der Waals surface area contributed by atoms with Crippen LogP contribution in [0, 0.1) is 0 Å². The Kier molecular flexibility index (Phi) is 1.88. The average molecular weight is 178 g/mol. The molecule has 0 aromatic heterocycles. The Balaban J connectivity index is 2.30. The van der Waals surface area contributed by atoms with Gasteiger partial charge in [-0.15, -0.1) is 0 Å². The molecule has 2 atom stereocenters. The highest BCUT2D eigenvalue weighted by atomic mass is 16.3. The van der Waals surface area contributed by atoms with Crippen molar-refractivity contribution < 1.29 is 5.11 Å². The molecule has 3 nitrogen and oxygen atoms in total. The van der Waals surface area contributed by atoms with Gasteiger partial charge in [-0.3, -0.25) is 0 Å². The molecular formula is C10H14N2O. The first-order valence-electron chi connectivity index (χ1n) is 4.51. The van der Waals surface area contributed by atoms with Gasteiger partial charge >= 0.3 is 0 Å². The number of phenolic OH excluding ortho intramolecular Hbond substituents is 1. The number of benzene rings is 1. The van der Waals surface area contributed by atoms with Crippen LogP contribution >= 0.6 is 0 Å². The maximum Gasteiger partial charge on any atom is 0.120 e. The van der Waals surface area contributed by atoms with Crippen LogP contribution in [0.3, 0.4) is 0 Å². The standard InChI is InChI=1S/C10H14N2O/c1-6(11)9-5-7-8(12-9)3-2-4-10(7)13/h2-4,6,9,12-13H,5,11H2,1H3. The Labute approximate surface area is 77.6 Å². The van der Waals surface area contributed by atoms with E-state index in [0.29, 0.717) is 5.75 Å². The molecule has 1 aromatic carbocycles.